The van der Waals surface area contributed by atoms with Gasteiger partial charge in [-0.2, -0.15) is 0 Å². The molecule has 0 heterocycles. The second-order valence-corrected chi connectivity index (χ2v) is 5.72. The van der Waals surface area contributed by atoms with Crippen molar-refractivity contribution in [2.75, 3.05) is 5.32 Å². The molecule has 0 saturated carbocycles. The van der Waals surface area contributed by atoms with Crippen molar-refractivity contribution in [1.82, 2.24) is 5.32 Å². The molecule has 0 fully saturated rings. The Morgan fingerprint density at radius 2 is 1.57 bits per heavy atom. The third-order valence-corrected chi connectivity index (χ3v) is 3.20. The first-order valence-electron chi connectivity index (χ1n) is 6.29. The average Bonchev–Trinajstić information content (AvgIpc) is 2.31. The Hall–Kier alpha value is -0.810. The van der Waals surface area contributed by atoms with E-state index in [9.17, 15) is 9.59 Å². The lowest BCUT2D eigenvalue weighted by atomic mass is 10.0. The van der Waals surface area contributed by atoms with E-state index in [2.05, 4.69) is 10.6 Å². The summed E-state index contributed by atoms with van der Waals surface area (Å²) in [7, 11) is 0. The minimum Gasteiger partial charge on any atom is -0.324 e. The van der Waals surface area contributed by atoms with Crippen molar-refractivity contribution in [1.29, 1.82) is 0 Å². The summed E-state index contributed by atoms with van der Waals surface area (Å²) >= 11 is 12.1. The molecule has 0 aliphatic rings. The van der Waals surface area contributed by atoms with Crippen molar-refractivity contribution in [3.63, 3.8) is 0 Å². The Morgan fingerprint density at radius 3 is 1.95 bits per heavy atom. The van der Waals surface area contributed by atoms with Gasteiger partial charge in [0.2, 0.25) is 5.91 Å². The van der Waals surface area contributed by atoms with Gasteiger partial charge in [-0.25, -0.2) is 0 Å². The molecule has 0 aliphatic heterocycles. The fraction of sp³-hybridized carbons (Fsp3) is 0.429. The van der Waals surface area contributed by atoms with Crippen LogP contribution in [0.4, 0.5) is 5.69 Å². The van der Waals surface area contributed by atoms with Gasteiger partial charge in [-0.3, -0.25) is 9.59 Å². The second-order valence-electron chi connectivity index (χ2n) is 4.90. The van der Waals surface area contributed by atoms with Gasteiger partial charge in [-0.15, -0.1) is 12.4 Å². The van der Waals surface area contributed by atoms with Crippen LogP contribution in [-0.2, 0) is 4.79 Å². The summed E-state index contributed by atoms with van der Waals surface area (Å²) in [6.07, 6.45) is 0. The van der Waals surface area contributed by atoms with Gasteiger partial charge in [0, 0.05) is 18.5 Å². The minimum absolute atomic E-state index is 0. The lowest BCUT2D eigenvalue weighted by Gasteiger charge is -2.17. The number of ketones is 1. The fourth-order valence-electron chi connectivity index (χ4n) is 1.84. The third kappa shape index (κ3) is 5.83. The normalized spacial score (nSPS) is 11.8. The summed E-state index contributed by atoms with van der Waals surface area (Å²) in [4.78, 5) is 23.3. The number of Topliss-reactive ketones (excluding diaryl/α,β-unsaturated/α-hetero) is 1. The topological polar surface area (TPSA) is 58.2 Å². The number of hydrogen-bond acceptors (Lipinski definition) is 3. The molecule has 0 aliphatic carbocycles. The maximum Gasteiger partial charge on any atom is 0.221 e. The lowest BCUT2D eigenvalue weighted by molar-refractivity contribution is -0.114. The van der Waals surface area contributed by atoms with Gasteiger partial charge in [-0.05, 0) is 19.1 Å². The van der Waals surface area contributed by atoms with E-state index in [4.69, 9.17) is 23.2 Å². The minimum atomic E-state index is -0.339. The van der Waals surface area contributed by atoms with Gasteiger partial charge in [0.25, 0.3) is 0 Å². The molecule has 0 spiro atoms. The Balaban J connectivity index is 0.00000400. The first-order valence-corrected chi connectivity index (χ1v) is 7.04. The lowest BCUT2D eigenvalue weighted by Crippen LogP contribution is -2.38. The van der Waals surface area contributed by atoms with Crippen LogP contribution < -0.4 is 10.6 Å². The van der Waals surface area contributed by atoms with E-state index in [0.29, 0.717) is 11.3 Å². The predicted molar refractivity (Wildman–Crippen MR) is 90.1 cm³/mol. The molecule has 1 aromatic carbocycles. The van der Waals surface area contributed by atoms with Crippen LogP contribution in [0.15, 0.2) is 12.1 Å². The predicted octanol–water partition coefficient (Wildman–Crippen LogP) is 3.94. The monoisotopic (exact) mass is 352 g/mol. The number of carbonyl (C=O) groups excluding carboxylic acids is 2. The van der Waals surface area contributed by atoms with Crippen LogP contribution in [0.25, 0.3) is 0 Å². The van der Waals surface area contributed by atoms with Crippen LogP contribution in [0.1, 0.15) is 38.1 Å². The Bertz CT molecular complexity index is 510. The summed E-state index contributed by atoms with van der Waals surface area (Å²) in [5.41, 5.74) is 0.733. The summed E-state index contributed by atoms with van der Waals surface area (Å²) in [6, 6.07) is 2.88. The van der Waals surface area contributed by atoms with Crippen LogP contribution in [0, 0.1) is 0 Å². The highest BCUT2D eigenvalue weighted by molar-refractivity contribution is 6.40. The van der Waals surface area contributed by atoms with Crippen molar-refractivity contribution in [3.8, 4) is 0 Å². The molecule has 0 saturated heterocycles. The van der Waals surface area contributed by atoms with E-state index in [1.54, 1.807) is 6.92 Å². The standard InChI is InChI=1S/C14H18Cl2N2O2.ClH/c1-7(2)17-8(3)14(20)10-5-11(15)13(12(16)6-10)18-9(4)19;/h5-8,17H,1-4H3,(H,18,19);1H. The highest BCUT2D eigenvalue weighted by atomic mass is 35.5. The van der Waals surface area contributed by atoms with Crippen molar-refractivity contribution in [2.24, 2.45) is 0 Å². The number of rotatable bonds is 5. The second kappa shape index (κ2) is 8.59. The van der Waals surface area contributed by atoms with Crippen LogP contribution in [-0.4, -0.2) is 23.8 Å². The zero-order valence-corrected chi connectivity index (χ0v) is 14.6. The molecule has 1 atom stereocenters. The summed E-state index contributed by atoms with van der Waals surface area (Å²) in [5, 5.41) is 6.15. The molecule has 21 heavy (non-hydrogen) atoms. The molecule has 0 aromatic heterocycles. The highest BCUT2D eigenvalue weighted by Crippen LogP contribution is 2.32. The number of benzene rings is 1. The Labute approximate surface area is 141 Å². The zero-order valence-electron chi connectivity index (χ0n) is 12.3. The van der Waals surface area contributed by atoms with Crippen molar-refractivity contribution >= 4 is 53.0 Å². The summed E-state index contributed by atoms with van der Waals surface area (Å²) in [6.45, 7) is 7.07. The molecule has 1 aromatic rings. The number of anilines is 1. The molecule has 1 unspecified atom stereocenters. The fourth-order valence-corrected chi connectivity index (χ4v) is 2.42. The van der Waals surface area contributed by atoms with Gasteiger partial charge in [0.15, 0.2) is 5.78 Å². The van der Waals surface area contributed by atoms with Gasteiger partial charge in [-0.1, -0.05) is 37.0 Å². The van der Waals surface area contributed by atoms with E-state index in [-0.39, 0.29) is 46.2 Å². The molecular weight excluding hydrogens is 335 g/mol. The first kappa shape index (κ1) is 20.2. The first-order chi connectivity index (χ1) is 9.22. The smallest absolute Gasteiger partial charge is 0.221 e. The third-order valence-electron chi connectivity index (χ3n) is 2.60. The van der Waals surface area contributed by atoms with E-state index in [1.807, 2.05) is 13.8 Å². The van der Waals surface area contributed by atoms with Crippen LogP contribution in [0.2, 0.25) is 10.0 Å². The maximum absolute atomic E-state index is 12.3. The van der Waals surface area contributed by atoms with Crippen LogP contribution >= 0.6 is 35.6 Å². The van der Waals surface area contributed by atoms with E-state index in [0.717, 1.165) is 0 Å². The van der Waals surface area contributed by atoms with Gasteiger partial charge in [0.05, 0.1) is 21.8 Å². The van der Waals surface area contributed by atoms with Gasteiger partial charge in [0.1, 0.15) is 0 Å². The van der Waals surface area contributed by atoms with Crippen molar-refractivity contribution in [2.45, 2.75) is 39.8 Å². The largest absolute Gasteiger partial charge is 0.324 e. The molecule has 118 valence electrons. The van der Waals surface area contributed by atoms with Crippen molar-refractivity contribution < 1.29 is 9.59 Å². The summed E-state index contributed by atoms with van der Waals surface area (Å²) < 4.78 is 0. The maximum atomic E-state index is 12.3. The number of carbonyl (C=O) groups is 2. The average molecular weight is 354 g/mol. The quantitative estimate of drug-likeness (QED) is 0.788. The molecule has 0 bridgehead atoms. The van der Waals surface area contributed by atoms with Crippen LogP contribution in [0.3, 0.4) is 0 Å². The van der Waals surface area contributed by atoms with E-state index in [1.165, 1.54) is 19.1 Å². The molecule has 1 rings (SSSR count). The summed E-state index contributed by atoms with van der Waals surface area (Å²) in [5.74, 6) is -0.375. The molecule has 1 amide bonds. The molecule has 2 N–H and O–H groups in total. The number of halogens is 3. The van der Waals surface area contributed by atoms with E-state index >= 15 is 0 Å². The van der Waals surface area contributed by atoms with E-state index < -0.39 is 0 Å². The SMILES string of the molecule is CC(=O)Nc1c(Cl)cc(C(=O)C(C)NC(C)C)cc1Cl.Cl. The molecule has 4 nitrogen and oxygen atoms in total. The van der Waals surface area contributed by atoms with Crippen LogP contribution in [0.5, 0.6) is 0 Å². The van der Waals surface area contributed by atoms with Gasteiger partial charge < -0.3 is 10.6 Å². The molecule has 0 radical (unpaired) electrons. The van der Waals surface area contributed by atoms with Gasteiger partial charge >= 0.3 is 0 Å². The zero-order chi connectivity index (χ0) is 15.4. The number of nitrogens with one attached hydrogen (secondary N) is 2. The molecular formula is C14H19Cl3N2O2. The number of hydrogen-bond donors (Lipinski definition) is 2. The highest BCUT2D eigenvalue weighted by Gasteiger charge is 2.19. The molecule has 7 heteroatoms. The Kier molecular flexibility index (Phi) is 8.26. The number of amides is 1. The Morgan fingerprint density at radius 1 is 1.10 bits per heavy atom. The van der Waals surface area contributed by atoms with Crippen molar-refractivity contribution in [3.05, 3.63) is 27.7 Å².